The van der Waals surface area contributed by atoms with Crippen molar-refractivity contribution in [2.45, 2.75) is 20.8 Å². The molecule has 0 aromatic heterocycles. The fourth-order valence-electron chi connectivity index (χ4n) is 1.34. The third kappa shape index (κ3) is 3.21. The molecule has 1 aromatic rings. The summed E-state index contributed by atoms with van der Waals surface area (Å²) in [6.45, 7) is 4.86. The predicted molar refractivity (Wildman–Crippen MR) is 62.9 cm³/mol. The number of phenols is 2. The van der Waals surface area contributed by atoms with Crippen LogP contribution in [0, 0.1) is 5.92 Å². The van der Waals surface area contributed by atoms with Crippen molar-refractivity contribution >= 4 is 11.7 Å². The Morgan fingerprint density at radius 1 is 1.29 bits per heavy atom. The van der Waals surface area contributed by atoms with Crippen LogP contribution < -0.4 is 0 Å². The van der Waals surface area contributed by atoms with Gasteiger partial charge in [0.2, 0.25) is 0 Å². The van der Waals surface area contributed by atoms with Gasteiger partial charge in [0.1, 0.15) is 11.5 Å². The molecule has 5 heteroatoms. The number of hydrogen-bond acceptors (Lipinski definition) is 5. The van der Waals surface area contributed by atoms with Gasteiger partial charge in [-0.2, -0.15) is 0 Å². The molecule has 0 unspecified atom stereocenters. The van der Waals surface area contributed by atoms with E-state index in [0.29, 0.717) is 5.71 Å². The predicted octanol–water partition coefficient (Wildman–Crippen LogP) is 2.02. The van der Waals surface area contributed by atoms with E-state index >= 15 is 0 Å². The topological polar surface area (TPSA) is 79.1 Å². The van der Waals surface area contributed by atoms with Crippen LogP contribution in [0.5, 0.6) is 11.5 Å². The lowest BCUT2D eigenvalue weighted by Crippen LogP contribution is -2.11. The summed E-state index contributed by atoms with van der Waals surface area (Å²) in [5.74, 6) is -0.888. The van der Waals surface area contributed by atoms with Gasteiger partial charge in [-0.25, -0.2) is 4.79 Å². The van der Waals surface area contributed by atoms with E-state index < -0.39 is 5.97 Å². The quantitative estimate of drug-likeness (QED) is 0.479. The summed E-state index contributed by atoms with van der Waals surface area (Å²) >= 11 is 0. The smallest absolute Gasteiger partial charge is 0.331 e. The minimum atomic E-state index is -0.557. The Bertz CT molecular complexity index is 432. The van der Waals surface area contributed by atoms with Crippen molar-refractivity contribution < 1.29 is 19.8 Å². The van der Waals surface area contributed by atoms with Gasteiger partial charge < -0.3 is 15.1 Å². The van der Waals surface area contributed by atoms with E-state index in [-0.39, 0.29) is 23.0 Å². The lowest BCUT2D eigenvalue weighted by atomic mass is 9.98. The van der Waals surface area contributed by atoms with Crippen molar-refractivity contribution in [2.24, 2.45) is 11.1 Å². The Kier molecular flexibility index (Phi) is 4.09. The Balaban J connectivity index is 3.23. The zero-order valence-corrected chi connectivity index (χ0v) is 9.97. The summed E-state index contributed by atoms with van der Waals surface area (Å²) < 4.78 is 0. The summed E-state index contributed by atoms with van der Waals surface area (Å²) in [6, 6.07) is 4.37. The lowest BCUT2D eigenvalue weighted by Gasteiger charge is -2.12. The van der Waals surface area contributed by atoms with Gasteiger partial charge in [-0.15, -0.1) is 0 Å². The van der Waals surface area contributed by atoms with Crippen LogP contribution in [0.4, 0.5) is 0 Å². The van der Waals surface area contributed by atoms with Gasteiger partial charge in [0.15, 0.2) is 0 Å². The van der Waals surface area contributed by atoms with Crippen LogP contribution in [0.3, 0.4) is 0 Å². The molecule has 0 aliphatic rings. The number of phenolic OH excluding ortho intramolecular Hbond substituents is 2. The molecular weight excluding hydrogens is 222 g/mol. The average Bonchev–Trinajstić information content (AvgIpc) is 2.21. The van der Waals surface area contributed by atoms with Crippen molar-refractivity contribution in [3.05, 3.63) is 23.8 Å². The van der Waals surface area contributed by atoms with Gasteiger partial charge in [-0.05, 0) is 18.1 Å². The van der Waals surface area contributed by atoms with Gasteiger partial charge in [0.25, 0.3) is 0 Å². The van der Waals surface area contributed by atoms with E-state index in [0.717, 1.165) is 0 Å². The Hall–Kier alpha value is -2.04. The van der Waals surface area contributed by atoms with Crippen LogP contribution in [-0.4, -0.2) is 21.9 Å². The maximum atomic E-state index is 10.7. The molecule has 1 aromatic carbocycles. The van der Waals surface area contributed by atoms with Crippen molar-refractivity contribution in [3.63, 3.8) is 0 Å². The maximum Gasteiger partial charge on any atom is 0.331 e. The van der Waals surface area contributed by atoms with Crippen LogP contribution in [0.1, 0.15) is 26.3 Å². The number of carbonyl (C=O) groups is 1. The molecule has 0 amide bonds. The molecule has 0 aliphatic carbocycles. The van der Waals surface area contributed by atoms with Crippen LogP contribution in [-0.2, 0) is 9.63 Å². The molecular formula is C12H15NO4. The normalized spacial score (nSPS) is 11.6. The third-order valence-electron chi connectivity index (χ3n) is 2.10. The fraction of sp³-hybridized carbons (Fsp3) is 0.333. The number of rotatable bonds is 3. The molecule has 0 saturated heterocycles. The second-order valence-electron chi connectivity index (χ2n) is 3.89. The highest BCUT2D eigenvalue weighted by molar-refractivity contribution is 6.06. The number of aromatic hydroxyl groups is 2. The molecule has 0 heterocycles. The van der Waals surface area contributed by atoms with Crippen LogP contribution in [0.15, 0.2) is 23.4 Å². The summed E-state index contributed by atoms with van der Waals surface area (Å²) in [6.07, 6.45) is 0. The lowest BCUT2D eigenvalue weighted by molar-refractivity contribution is -0.140. The van der Waals surface area contributed by atoms with Crippen LogP contribution in [0.25, 0.3) is 0 Å². The van der Waals surface area contributed by atoms with Gasteiger partial charge >= 0.3 is 5.97 Å². The van der Waals surface area contributed by atoms with E-state index in [4.69, 9.17) is 0 Å². The summed E-state index contributed by atoms with van der Waals surface area (Å²) in [7, 11) is 0. The summed E-state index contributed by atoms with van der Waals surface area (Å²) in [5.41, 5.74) is 0.500. The number of oxime groups is 1. The number of benzene rings is 1. The minimum Gasteiger partial charge on any atom is -0.507 e. The Morgan fingerprint density at radius 3 is 2.24 bits per heavy atom. The number of hydrogen-bond donors (Lipinski definition) is 2. The molecule has 0 fully saturated rings. The van der Waals surface area contributed by atoms with E-state index in [1.54, 1.807) is 0 Å². The fourth-order valence-corrected chi connectivity index (χ4v) is 1.34. The van der Waals surface area contributed by atoms with Gasteiger partial charge in [-0.1, -0.05) is 25.1 Å². The first-order valence-electron chi connectivity index (χ1n) is 5.20. The highest BCUT2D eigenvalue weighted by atomic mass is 16.7. The largest absolute Gasteiger partial charge is 0.507 e. The first kappa shape index (κ1) is 13.0. The molecule has 2 N–H and O–H groups in total. The van der Waals surface area contributed by atoms with E-state index in [2.05, 4.69) is 9.99 Å². The van der Waals surface area contributed by atoms with Gasteiger partial charge in [0, 0.05) is 6.92 Å². The molecule has 0 atom stereocenters. The highest BCUT2D eigenvalue weighted by Gasteiger charge is 2.18. The minimum absolute atomic E-state index is 0.107. The summed E-state index contributed by atoms with van der Waals surface area (Å²) in [5, 5.41) is 23.1. The molecule has 0 radical (unpaired) electrons. The molecule has 0 saturated carbocycles. The standard InChI is InChI=1S/C12H15NO4/c1-7(2)12(13-17-8(3)14)11-9(15)5-4-6-10(11)16/h4-7,15-16H,1-3H3/b13-12-. The second kappa shape index (κ2) is 5.34. The molecule has 5 nitrogen and oxygen atoms in total. The van der Waals surface area contributed by atoms with Crippen molar-refractivity contribution in [1.82, 2.24) is 0 Å². The third-order valence-corrected chi connectivity index (χ3v) is 2.10. The number of nitrogens with zero attached hydrogens (tertiary/aromatic N) is 1. The molecule has 0 spiro atoms. The van der Waals surface area contributed by atoms with Gasteiger partial charge in [-0.3, -0.25) is 0 Å². The first-order chi connectivity index (χ1) is 7.93. The van der Waals surface area contributed by atoms with Crippen LogP contribution >= 0.6 is 0 Å². The molecule has 17 heavy (non-hydrogen) atoms. The van der Waals surface area contributed by atoms with Crippen LogP contribution in [0.2, 0.25) is 0 Å². The molecule has 92 valence electrons. The molecule has 0 bridgehead atoms. The summed E-state index contributed by atoms with van der Waals surface area (Å²) in [4.78, 5) is 15.3. The zero-order chi connectivity index (χ0) is 13.0. The first-order valence-corrected chi connectivity index (χ1v) is 5.20. The molecule has 1 rings (SSSR count). The van der Waals surface area contributed by atoms with E-state index in [1.165, 1.54) is 25.1 Å². The van der Waals surface area contributed by atoms with Gasteiger partial charge in [0.05, 0.1) is 11.3 Å². The number of carbonyl (C=O) groups excluding carboxylic acids is 1. The van der Waals surface area contributed by atoms with Crippen molar-refractivity contribution in [1.29, 1.82) is 0 Å². The highest BCUT2D eigenvalue weighted by Crippen LogP contribution is 2.29. The SMILES string of the molecule is CC(=O)O/N=C(\c1c(O)cccc1O)C(C)C. The monoisotopic (exact) mass is 237 g/mol. The Morgan fingerprint density at radius 2 is 1.82 bits per heavy atom. The van der Waals surface area contributed by atoms with E-state index in [9.17, 15) is 15.0 Å². The Labute approximate surface area is 99.3 Å². The van der Waals surface area contributed by atoms with Crippen molar-refractivity contribution in [3.8, 4) is 11.5 Å². The zero-order valence-electron chi connectivity index (χ0n) is 9.97. The van der Waals surface area contributed by atoms with E-state index in [1.807, 2.05) is 13.8 Å². The maximum absolute atomic E-state index is 10.7. The average molecular weight is 237 g/mol. The molecule has 0 aliphatic heterocycles. The van der Waals surface area contributed by atoms with Crippen molar-refractivity contribution in [2.75, 3.05) is 0 Å². The second-order valence-corrected chi connectivity index (χ2v) is 3.89.